The molecule has 0 saturated carbocycles. The second-order valence-electron chi connectivity index (χ2n) is 6.35. The zero-order chi connectivity index (χ0) is 15.0. The lowest BCUT2D eigenvalue weighted by Gasteiger charge is -2.36. The Bertz CT molecular complexity index is 534. The van der Waals surface area contributed by atoms with E-state index in [1.54, 1.807) is 19.2 Å². The van der Waals surface area contributed by atoms with Gasteiger partial charge < -0.3 is 10.2 Å². The predicted octanol–water partition coefficient (Wildman–Crippen LogP) is 2.58. The summed E-state index contributed by atoms with van der Waals surface area (Å²) in [4.78, 5) is 17.5. The van der Waals surface area contributed by atoms with Crippen molar-refractivity contribution in [2.45, 2.75) is 44.7 Å². The minimum Gasteiger partial charge on any atom is -0.364 e. The van der Waals surface area contributed by atoms with Crippen LogP contribution < -0.4 is 5.32 Å². The lowest BCUT2D eigenvalue weighted by Crippen LogP contribution is -2.41. The van der Waals surface area contributed by atoms with Gasteiger partial charge in [0.05, 0.1) is 4.92 Å². The van der Waals surface area contributed by atoms with E-state index in [1.165, 1.54) is 25.7 Å². The maximum Gasteiger partial charge on any atom is 0.314 e. The zero-order valence-corrected chi connectivity index (χ0v) is 12.6. The van der Waals surface area contributed by atoms with Crippen molar-refractivity contribution < 1.29 is 4.92 Å². The molecule has 2 unspecified atom stereocenters. The standard InChI is InChI=1S/C15H22N4O2/c1-10-5-6-16-15(14(10)19(20)21)17-9-11-7-12-3-4-13(8-11)18(12)2/h5-6,11-13H,3-4,7-9H2,1-2H3,(H,16,17). The van der Waals surface area contributed by atoms with Crippen LogP contribution in [0.15, 0.2) is 12.3 Å². The van der Waals surface area contributed by atoms with Gasteiger partial charge in [-0.3, -0.25) is 10.1 Å². The molecule has 21 heavy (non-hydrogen) atoms. The molecule has 114 valence electrons. The normalized spacial score (nSPS) is 28.6. The highest BCUT2D eigenvalue weighted by Crippen LogP contribution is 2.37. The summed E-state index contributed by atoms with van der Waals surface area (Å²) < 4.78 is 0. The molecule has 6 nitrogen and oxygen atoms in total. The molecule has 2 atom stereocenters. The molecule has 0 radical (unpaired) electrons. The molecule has 2 aliphatic rings. The van der Waals surface area contributed by atoms with E-state index in [-0.39, 0.29) is 10.6 Å². The largest absolute Gasteiger partial charge is 0.364 e. The fraction of sp³-hybridized carbons (Fsp3) is 0.667. The van der Waals surface area contributed by atoms with Crippen LogP contribution >= 0.6 is 0 Å². The number of nitrogens with one attached hydrogen (secondary N) is 1. The Morgan fingerprint density at radius 3 is 2.71 bits per heavy atom. The molecule has 2 saturated heterocycles. The number of aromatic nitrogens is 1. The molecule has 1 aromatic heterocycles. The van der Waals surface area contributed by atoms with Crippen LogP contribution in [0, 0.1) is 23.0 Å². The average molecular weight is 290 g/mol. The third kappa shape index (κ3) is 2.72. The van der Waals surface area contributed by atoms with Crippen LogP contribution in [0.3, 0.4) is 0 Å². The average Bonchev–Trinajstić information content (AvgIpc) is 2.67. The zero-order valence-electron chi connectivity index (χ0n) is 12.6. The quantitative estimate of drug-likeness (QED) is 0.681. The Balaban J connectivity index is 1.66. The van der Waals surface area contributed by atoms with Gasteiger partial charge in [-0.05, 0) is 51.6 Å². The number of pyridine rings is 1. The SMILES string of the molecule is Cc1ccnc(NCC2CC3CCC(C2)N3C)c1[N+](=O)[O-]. The Kier molecular flexibility index (Phi) is 3.80. The first-order valence-corrected chi connectivity index (χ1v) is 7.62. The molecule has 0 aliphatic carbocycles. The van der Waals surface area contributed by atoms with Gasteiger partial charge in [0.2, 0.25) is 5.82 Å². The van der Waals surface area contributed by atoms with E-state index in [0.29, 0.717) is 29.4 Å². The van der Waals surface area contributed by atoms with Crippen LogP contribution in [0.25, 0.3) is 0 Å². The highest BCUT2D eigenvalue weighted by molar-refractivity contribution is 5.59. The summed E-state index contributed by atoms with van der Waals surface area (Å²) in [5.41, 5.74) is 0.759. The van der Waals surface area contributed by atoms with Crippen LogP contribution in [0.2, 0.25) is 0 Å². The second kappa shape index (κ2) is 5.60. The number of hydrogen-bond acceptors (Lipinski definition) is 5. The Morgan fingerprint density at radius 2 is 2.10 bits per heavy atom. The van der Waals surface area contributed by atoms with Gasteiger partial charge in [0.25, 0.3) is 0 Å². The number of nitrogens with zero attached hydrogens (tertiary/aromatic N) is 3. The van der Waals surface area contributed by atoms with E-state index in [9.17, 15) is 10.1 Å². The van der Waals surface area contributed by atoms with Gasteiger partial charge >= 0.3 is 5.69 Å². The van der Waals surface area contributed by atoms with Crippen LogP contribution in [0.5, 0.6) is 0 Å². The molecule has 3 rings (SSSR count). The monoisotopic (exact) mass is 290 g/mol. The molecule has 2 fully saturated rings. The van der Waals surface area contributed by atoms with Crippen molar-refractivity contribution in [1.82, 2.24) is 9.88 Å². The number of piperidine rings is 1. The van der Waals surface area contributed by atoms with Crippen molar-refractivity contribution in [1.29, 1.82) is 0 Å². The summed E-state index contributed by atoms with van der Waals surface area (Å²) in [5.74, 6) is 0.992. The van der Waals surface area contributed by atoms with Crippen molar-refractivity contribution in [2.24, 2.45) is 5.92 Å². The van der Waals surface area contributed by atoms with Gasteiger partial charge in [-0.15, -0.1) is 0 Å². The smallest absolute Gasteiger partial charge is 0.314 e. The minimum absolute atomic E-state index is 0.105. The van der Waals surface area contributed by atoms with Crippen LogP contribution in [0.4, 0.5) is 11.5 Å². The summed E-state index contributed by atoms with van der Waals surface area (Å²) in [7, 11) is 2.22. The fourth-order valence-corrected chi connectivity index (χ4v) is 3.84. The Labute approximate surface area is 124 Å². The molecular formula is C15H22N4O2. The minimum atomic E-state index is -0.344. The summed E-state index contributed by atoms with van der Waals surface area (Å²) in [6.07, 6.45) is 6.57. The highest BCUT2D eigenvalue weighted by atomic mass is 16.6. The maximum atomic E-state index is 11.2. The molecule has 1 aromatic rings. The number of anilines is 1. The van der Waals surface area contributed by atoms with E-state index < -0.39 is 0 Å². The summed E-state index contributed by atoms with van der Waals surface area (Å²) in [6, 6.07) is 3.06. The number of fused-ring (bicyclic) bond motifs is 2. The van der Waals surface area contributed by atoms with Crippen LogP contribution in [-0.4, -0.2) is 40.5 Å². The summed E-state index contributed by atoms with van der Waals surface area (Å²) in [6.45, 7) is 2.53. The highest BCUT2D eigenvalue weighted by Gasteiger charge is 2.38. The first kappa shape index (κ1) is 14.3. The Morgan fingerprint density at radius 1 is 1.43 bits per heavy atom. The first-order valence-electron chi connectivity index (χ1n) is 7.62. The third-order valence-corrected chi connectivity index (χ3v) is 5.06. The number of rotatable bonds is 4. The molecule has 6 heteroatoms. The molecule has 2 aliphatic heterocycles. The van der Waals surface area contributed by atoms with Gasteiger partial charge in [-0.2, -0.15) is 0 Å². The maximum absolute atomic E-state index is 11.2. The van der Waals surface area contributed by atoms with Crippen molar-refractivity contribution in [3.05, 3.63) is 27.9 Å². The fourth-order valence-electron chi connectivity index (χ4n) is 3.84. The van der Waals surface area contributed by atoms with E-state index in [4.69, 9.17) is 0 Å². The Hall–Kier alpha value is -1.69. The summed E-state index contributed by atoms with van der Waals surface area (Å²) >= 11 is 0. The van der Waals surface area contributed by atoms with Crippen molar-refractivity contribution in [3.63, 3.8) is 0 Å². The van der Waals surface area contributed by atoms with E-state index in [2.05, 4.69) is 22.2 Å². The lowest BCUT2D eigenvalue weighted by atomic mass is 9.91. The van der Waals surface area contributed by atoms with Gasteiger partial charge in [0.1, 0.15) is 0 Å². The second-order valence-corrected chi connectivity index (χ2v) is 6.35. The molecule has 3 heterocycles. The van der Waals surface area contributed by atoms with Crippen LogP contribution in [-0.2, 0) is 0 Å². The first-order chi connectivity index (χ1) is 10.1. The molecule has 1 N–H and O–H groups in total. The molecule has 0 amide bonds. The number of nitro groups is 1. The van der Waals surface area contributed by atoms with Crippen molar-refractivity contribution in [3.8, 4) is 0 Å². The van der Waals surface area contributed by atoms with Gasteiger partial charge in [0.15, 0.2) is 0 Å². The van der Waals surface area contributed by atoms with Gasteiger partial charge in [-0.1, -0.05) is 0 Å². The van der Waals surface area contributed by atoms with Gasteiger partial charge in [0, 0.05) is 30.4 Å². The third-order valence-electron chi connectivity index (χ3n) is 5.06. The molecule has 0 aromatic carbocycles. The van der Waals surface area contributed by atoms with E-state index in [0.717, 1.165) is 6.54 Å². The number of hydrogen-bond donors (Lipinski definition) is 1. The number of aryl methyl sites for hydroxylation is 1. The van der Waals surface area contributed by atoms with Gasteiger partial charge in [-0.25, -0.2) is 4.98 Å². The topological polar surface area (TPSA) is 71.3 Å². The molecular weight excluding hydrogens is 268 g/mol. The van der Waals surface area contributed by atoms with E-state index in [1.807, 2.05) is 0 Å². The molecule has 2 bridgehead atoms. The van der Waals surface area contributed by atoms with Crippen molar-refractivity contribution in [2.75, 3.05) is 18.9 Å². The van der Waals surface area contributed by atoms with Crippen molar-refractivity contribution >= 4 is 11.5 Å². The lowest BCUT2D eigenvalue weighted by molar-refractivity contribution is -0.384. The summed E-state index contributed by atoms with van der Waals surface area (Å²) in [5, 5.41) is 14.4. The van der Waals surface area contributed by atoms with E-state index >= 15 is 0 Å². The van der Waals surface area contributed by atoms with Crippen LogP contribution in [0.1, 0.15) is 31.2 Å². The predicted molar refractivity (Wildman–Crippen MR) is 81.4 cm³/mol. The molecule has 0 spiro atoms.